The molecule has 0 radical (unpaired) electrons. The van der Waals surface area contributed by atoms with Gasteiger partial charge in [0, 0.05) is 12.6 Å². The van der Waals surface area contributed by atoms with E-state index in [4.69, 9.17) is 9.15 Å². The van der Waals surface area contributed by atoms with Crippen LogP contribution in [-0.2, 0) is 6.42 Å². The Balaban J connectivity index is 1.52. The zero-order valence-electron chi connectivity index (χ0n) is 17.0. The van der Waals surface area contributed by atoms with Crippen molar-refractivity contribution in [2.75, 3.05) is 26.7 Å². The van der Waals surface area contributed by atoms with Crippen molar-refractivity contribution in [3.05, 3.63) is 53.5 Å². The van der Waals surface area contributed by atoms with Crippen LogP contribution in [0.15, 0.2) is 40.8 Å². The summed E-state index contributed by atoms with van der Waals surface area (Å²) >= 11 is 0. The van der Waals surface area contributed by atoms with Gasteiger partial charge in [0.05, 0.1) is 13.2 Å². The average Bonchev–Trinajstić information content (AvgIpc) is 3.34. The summed E-state index contributed by atoms with van der Waals surface area (Å²) in [4.78, 5) is 14.8. The molecule has 0 saturated carbocycles. The molecule has 2 heterocycles. The lowest BCUT2D eigenvalue weighted by Crippen LogP contribution is -2.45. The van der Waals surface area contributed by atoms with Gasteiger partial charge in [-0.2, -0.15) is 0 Å². The van der Waals surface area contributed by atoms with Gasteiger partial charge in [-0.05, 0) is 76.0 Å². The van der Waals surface area contributed by atoms with Gasteiger partial charge < -0.3 is 19.8 Å². The number of aryl methyl sites for hydroxylation is 1. The van der Waals surface area contributed by atoms with E-state index in [9.17, 15) is 4.79 Å². The average molecular weight is 386 g/mol. The number of benzene rings is 1. The molecule has 0 aliphatic carbocycles. The molecular formula is C22H31N3O3. The first-order valence-corrected chi connectivity index (χ1v) is 10.0. The summed E-state index contributed by atoms with van der Waals surface area (Å²) in [5.74, 6) is 2.65. The third-order valence-corrected chi connectivity index (χ3v) is 5.18. The van der Waals surface area contributed by atoms with E-state index in [0.717, 1.165) is 42.3 Å². The number of rotatable bonds is 8. The van der Waals surface area contributed by atoms with E-state index in [1.54, 1.807) is 7.11 Å². The number of ether oxygens (including phenoxy) is 1. The normalized spacial score (nSPS) is 16.5. The predicted molar refractivity (Wildman–Crippen MR) is 110 cm³/mol. The van der Waals surface area contributed by atoms with Crippen molar-refractivity contribution in [3.8, 4) is 5.75 Å². The van der Waals surface area contributed by atoms with Gasteiger partial charge in [-0.1, -0.05) is 12.1 Å². The van der Waals surface area contributed by atoms with Crippen LogP contribution in [-0.4, -0.2) is 43.7 Å². The zero-order chi connectivity index (χ0) is 19.9. The molecule has 2 amide bonds. The van der Waals surface area contributed by atoms with Gasteiger partial charge in [-0.15, -0.1) is 0 Å². The van der Waals surface area contributed by atoms with E-state index in [2.05, 4.69) is 15.5 Å². The van der Waals surface area contributed by atoms with Gasteiger partial charge in [0.1, 0.15) is 17.3 Å². The Hall–Kier alpha value is -2.47. The highest BCUT2D eigenvalue weighted by atomic mass is 16.5. The fourth-order valence-electron chi connectivity index (χ4n) is 3.76. The van der Waals surface area contributed by atoms with Crippen molar-refractivity contribution in [2.45, 2.75) is 45.2 Å². The fraction of sp³-hybridized carbons (Fsp3) is 0.500. The summed E-state index contributed by atoms with van der Waals surface area (Å²) in [5.41, 5.74) is 1.13. The van der Waals surface area contributed by atoms with Gasteiger partial charge in [-0.25, -0.2) is 4.79 Å². The van der Waals surface area contributed by atoms with Gasteiger partial charge >= 0.3 is 6.03 Å². The number of amides is 2. The lowest BCUT2D eigenvalue weighted by atomic mass is 10.1. The van der Waals surface area contributed by atoms with Crippen molar-refractivity contribution in [3.63, 3.8) is 0 Å². The molecule has 6 nitrogen and oxygen atoms in total. The molecule has 0 spiro atoms. The highest BCUT2D eigenvalue weighted by molar-refractivity contribution is 5.74. The maximum Gasteiger partial charge on any atom is 0.315 e. The summed E-state index contributed by atoms with van der Waals surface area (Å²) in [6, 6.07) is 11.9. The molecule has 1 aliphatic heterocycles. The Morgan fingerprint density at radius 1 is 1.25 bits per heavy atom. The predicted octanol–water partition coefficient (Wildman–Crippen LogP) is 3.66. The summed E-state index contributed by atoms with van der Waals surface area (Å²) in [7, 11) is 1.66. The molecule has 6 heteroatoms. The Morgan fingerprint density at radius 2 is 2.04 bits per heavy atom. The molecule has 152 valence electrons. The summed E-state index contributed by atoms with van der Waals surface area (Å²) < 4.78 is 11.1. The van der Waals surface area contributed by atoms with Crippen LogP contribution >= 0.6 is 0 Å². The van der Waals surface area contributed by atoms with Crippen molar-refractivity contribution in [1.82, 2.24) is 15.5 Å². The minimum atomic E-state index is -0.150. The molecule has 1 fully saturated rings. The summed E-state index contributed by atoms with van der Waals surface area (Å²) in [5, 5.41) is 6.06. The standard InChI is InChI=1S/C22H31N3O3/c1-16(13-18-7-6-8-19(14-18)27-3)24-22(26)23-15-20(25-11-4-5-12-25)21-10-9-17(2)28-21/h6-10,14,16,20H,4-5,11-13,15H2,1-3H3,(H2,23,24,26). The van der Waals surface area contributed by atoms with Crippen molar-refractivity contribution < 1.29 is 13.9 Å². The van der Waals surface area contributed by atoms with E-state index >= 15 is 0 Å². The van der Waals surface area contributed by atoms with Crippen LogP contribution in [0, 0.1) is 6.92 Å². The topological polar surface area (TPSA) is 66.7 Å². The number of furan rings is 1. The SMILES string of the molecule is COc1cccc(CC(C)NC(=O)NCC(c2ccc(C)o2)N2CCCC2)c1. The molecule has 28 heavy (non-hydrogen) atoms. The van der Waals surface area contributed by atoms with Crippen LogP contribution in [0.4, 0.5) is 4.79 Å². The number of nitrogens with one attached hydrogen (secondary N) is 2. The van der Waals surface area contributed by atoms with Crippen LogP contribution in [0.25, 0.3) is 0 Å². The summed E-state index contributed by atoms with van der Waals surface area (Å²) in [6.45, 7) is 6.57. The second kappa shape index (κ2) is 9.64. The number of urea groups is 1. The first kappa shape index (κ1) is 20.3. The van der Waals surface area contributed by atoms with Gasteiger partial charge in [0.15, 0.2) is 0 Å². The highest BCUT2D eigenvalue weighted by Gasteiger charge is 2.26. The van der Waals surface area contributed by atoms with E-state index in [0.29, 0.717) is 6.54 Å². The Labute approximate surface area is 167 Å². The largest absolute Gasteiger partial charge is 0.497 e. The van der Waals surface area contributed by atoms with Crippen LogP contribution in [0.5, 0.6) is 5.75 Å². The van der Waals surface area contributed by atoms with E-state index in [-0.39, 0.29) is 18.1 Å². The lowest BCUT2D eigenvalue weighted by Gasteiger charge is -2.26. The smallest absolute Gasteiger partial charge is 0.315 e. The van der Waals surface area contributed by atoms with Gasteiger partial charge in [0.25, 0.3) is 0 Å². The van der Waals surface area contributed by atoms with Crippen LogP contribution < -0.4 is 15.4 Å². The maximum atomic E-state index is 12.4. The lowest BCUT2D eigenvalue weighted by molar-refractivity contribution is 0.201. The second-order valence-corrected chi connectivity index (χ2v) is 7.52. The van der Waals surface area contributed by atoms with E-state index < -0.39 is 0 Å². The molecule has 1 aromatic carbocycles. The van der Waals surface area contributed by atoms with Gasteiger partial charge in [-0.3, -0.25) is 4.90 Å². The molecule has 1 aromatic heterocycles. The number of likely N-dealkylation sites (tertiary alicyclic amines) is 1. The number of nitrogens with zero attached hydrogens (tertiary/aromatic N) is 1. The first-order valence-electron chi connectivity index (χ1n) is 10.0. The quantitative estimate of drug-likeness (QED) is 0.728. The number of hydrogen-bond acceptors (Lipinski definition) is 4. The highest BCUT2D eigenvalue weighted by Crippen LogP contribution is 2.26. The molecule has 0 bridgehead atoms. The van der Waals surface area contributed by atoms with E-state index in [1.165, 1.54) is 12.8 Å². The number of carbonyl (C=O) groups excluding carboxylic acids is 1. The molecule has 2 N–H and O–H groups in total. The van der Waals surface area contributed by atoms with Crippen molar-refractivity contribution in [1.29, 1.82) is 0 Å². The molecule has 1 aliphatic rings. The molecule has 2 atom stereocenters. The third-order valence-electron chi connectivity index (χ3n) is 5.18. The zero-order valence-corrected chi connectivity index (χ0v) is 17.0. The van der Waals surface area contributed by atoms with Crippen LogP contribution in [0.3, 0.4) is 0 Å². The minimum Gasteiger partial charge on any atom is -0.497 e. The van der Waals surface area contributed by atoms with E-state index in [1.807, 2.05) is 50.2 Å². The van der Waals surface area contributed by atoms with Crippen LogP contribution in [0.2, 0.25) is 0 Å². The number of methoxy groups -OCH3 is 1. The maximum absolute atomic E-state index is 12.4. The van der Waals surface area contributed by atoms with Crippen LogP contribution in [0.1, 0.15) is 42.9 Å². The minimum absolute atomic E-state index is 0.0169. The Morgan fingerprint density at radius 3 is 2.71 bits per heavy atom. The fourth-order valence-corrected chi connectivity index (χ4v) is 3.76. The van der Waals surface area contributed by atoms with Gasteiger partial charge in [0.2, 0.25) is 0 Å². The molecular weight excluding hydrogens is 354 g/mol. The summed E-state index contributed by atoms with van der Waals surface area (Å²) in [6.07, 6.45) is 3.14. The first-order chi connectivity index (χ1) is 13.5. The van der Waals surface area contributed by atoms with Crippen molar-refractivity contribution >= 4 is 6.03 Å². The molecule has 1 saturated heterocycles. The Kier molecular flexibility index (Phi) is 6.98. The Bertz CT molecular complexity index is 768. The monoisotopic (exact) mass is 385 g/mol. The molecule has 3 rings (SSSR count). The molecule has 2 unspecified atom stereocenters. The number of hydrogen-bond donors (Lipinski definition) is 2. The molecule has 2 aromatic rings. The van der Waals surface area contributed by atoms with Crippen molar-refractivity contribution in [2.24, 2.45) is 0 Å². The number of carbonyl (C=O) groups is 1. The third kappa shape index (κ3) is 5.52. The second-order valence-electron chi connectivity index (χ2n) is 7.52.